The van der Waals surface area contributed by atoms with Crippen LogP contribution in [-0.4, -0.2) is 35.3 Å². The van der Waals surface area contributed by atoms with Crippen molar-refractivity contribution in [3.63, 3.8) is 0 Å². The van der Waals surface area contributed by atoms with Crippen LogP contribution in [-0.2, 0) is 9.59 Å². The zero-order valence-electron chi connectivity index (χ0n) is 9.96. The van der Waals surface area contributed by atoms with Gasteiger partial charge in [-0.05, 0) is 25.3 Å². The Balaban J connectivity index is 2.28. The van der Waals surface area contributed by atoms with Crippen molar-refractivity contribution in [2.75, 3.05) is 13.1 Å². The van der Waals surface area contributed by atoms with Gasteiger partial charge in [0.1, 0.15) is 5.54 Å². The summed E-state index contributed by atoms with van der Waals surface area (Å²) in [4.78, 5) is 25.8. The van der Waals surface area contributed by atoms with Gasteiger partial charge in [0.05, 0.1) is 6.54 Å². The summed E-state index contributed by atoms with van der Waals surface area (Å²) in [5, 5.41) is 2.70. The number of amides is 2. The molecule has 2 amide bonds. The molecule has 4 nitrogen and oxygen atoms in total. The van der Waals surface area contributed by atoms with Crippen molar-refractivity contribution >= 4 is 23.4 Å². The average Bonchev–Trinajstić information content (AvgIpc) is 2.80. The SMILES string of the molecule is CC(=CCl)CN1C(=O)CNC(=O)C12CCCC2. The second kappa shape index (κ2) is 4.69. The normalized spacial score (nSPS) is 24.4. The standard InChI is InChI=1S/C12H17ClN2O2/c1-9(6-13)8-15-10(16)7-14-11(17)12(15)4-2-3-5-12/h6H,2-5,7-8H2,1H3,(H,14,17). The molecule has 1 heterocycles. The molecule has 2 fully saturated rings. The van der Waals surface area contributed by atoms with Crippen LogP contribution in [0, 0.1) is 0 Å². The largest absolute Gasteiger partial charge is 0.345 e. The maximum absolute atomic E-state index is 12.1. The number of carbonyl (C=O) groups is 2. The molecule has 1 aliphatic heterocycles. The van der Waals surface area contributed by atoms with Gasteiger partial charge in [0.15, 0.2) is 0 Å². The summed E-state index contributed by atoms with van der Waals surface area (Å²) >= 11 is 5.65. The lowest BCUT2D eigenvalue weighted by atomic mass is 9.91. The summed E-state index contributed by atoms with van der Waals surface area (Å²) in [5.74, 6) is -0.0126. The highest BCUT2D eigenvalue weighted by atomic mass is 35.5. The highest BCUT2D eigenvalue weighted by molar-refractivity contribution is 6.25. The lowest BCUT2D eigenvalue weighted by Crippen LogP contribution is -2.66. The fraction of sp³-hybridized carbons (Fsp3) is 0.667. The molecule has 0 aromatic carbocycles. The van der Waals surface area contributed by atoms with Gasteiger partial charge in [0.25, 0.3) is 0 Å². The fourth-order valence-corrected chi connectivity index (χ4v) is 2.83. The van der Waals surface area contributed by atoms with Gasteiger partial charge in [0.2, 0.25) is 11.8 Å². The summed E-state index contributed by atoms with van der Waals surface area (Å²) in [7, 11) is 0. The minimum atomic E-state index is -0.615. The van der Waals surface area contributed by atoms with E-state index < -0.39 is 5.54 Å². The molecule has 0 radical (unpaired) electrons. The quantitative estimate of drug-likeness (QED) is 0.812. The highest BCUT2D eigenvalue weighted by Gasteiger charge is 2.50. The van der Waals surface area contributed by atoms with Crippen LogP contribution in [0.3, 0.4) is 0 Å². The summed E-state index contributed by atoms with van der Waals surface area (Å²) in [5.41, 5.74) is 1.76. The molecule has 1 N–H and O–H groups in total. The van der Waals surface area contributed by atoms with Crippen molar-refractivity contribution in [2.24, 2.45) is 0 Å². The molecule has 0 bridgehead atoms. The van der Waals surface area contributed by atoms with Crippen molar-refractivity contribution in [2.45, 2.75) is 38.1 Å². The minimum absolute atomic E-state index is 0.00280. The van der Waals surface area contributed by atoms with Gasteiger partial charge in [-0.25, -0.2) is 0 Å². The molecule has 0 aromatic rings. The van der Waals surface area contributed by atoms with Crippen LogP contribution in [0.2, 0.25) is 0 Å². The molecule has 1 saturated heterocycles. The van der Waals surface area contributed by atoms with E-state index in [1.165, 1.54) is 5.54 Å². The maximum Gasteiger partial charge on any atom is 0.246 e. The molecule has 1 spiro atoms. The van der Waals surface area contributed by atoms with E-state index in [-0.39, 0.29) is 18.4 Å². The number of hydrogen-bond donors (Lipinski definition) is 1. The number of carbonyl (C=O) groups excluding carboxylic acids is 2. The Morgan fingerprint density at radius 3 is 2.71 bits per heavy atom. The van der Waals surface area contributed by atoms with Crippen LogP contribution in [0.1, 0.15) is 32.6 Å². The first-order valence-corrected chi connectivity index (χ1v) is 6.38. The predicted molar refractivity (Wildman–Crippen MR) is 65.5 cm³/mol. The molecule has 0 unspecified atom stereocenters. The van der Waals surface area contributed by atoms with Crippen LogP contribution in [0.25, 0.3) is 0 Å². The first kappa shape index (κ1) is 12.4. The second-order valence-corrected chi connectivity index (χ2v) is 5.07. The Hall–Kier alpha value is -1.03. The van der Waals surface area contributed by atoms with Crippen molar-refractivity contribution < 1.29 is 9.59 Å². The maximum atomic E-state index is 12.1. The molecule has 1 aliphatic carbocycles. The van der Waals surface area contributed by atoms with Gasteiger partial charge in [-0.3, -0.25) is 9.59 Å². The van der Waals surface area contributed by atoms with E-state index in [2.05, 4.69) is 5.32 Å². The third-order valence-corrected chi connectivity index (χ3v) is 4.04. The molecule has 2 rings (SSSR count). The van der Waals surface area contributed by atoms with E-state index in [1.54, 1.807) is 4.90 Å². The summed E-state index contributed by atoms with van der Waals surface area (Å²) in [6.45, 7) is 2.43. The van der Waals surface area contributed by atoms with Crippen LogP contribution >= 0.6 is 11.6 Å². The van der Waals surface area contributed by atoms with Crippen LogP contribution in [0.5, 0.6) is 0 Å². The van der Waals surface area contributed by atoms with Crippen LogP contribution < -0.4 is 5.32 Å². The van der Waals surface area contributed by atoms with Gasteiger partial charge < -0.3 is 10.2 Å². The van der Waals surface area contributed by atoms with Gasteiger partial charge in [0, 0.05) is 12.1 Å². The molecule has 2 aliphatic rings. The number of halogens is 1. The predicted octanol–water partition coefficient (Wildman–Crippen LogP) is 1.40. The number of nitrogens with one attached hydrogen (secondary N) is 1. The molecule has 0 atom stereocenters. The lowest BCUT2D eigenvalue weighted by Gasteiger charge is -2.43. The molecule has 0 aromatic heterocycles. The van der Waals surface area contributed by atoms with Gasteiger partial charge in [-0.1, -0.05) is 24.4 Å². The number of hydrogen-bond acceptors (Lipinski definition) is 2. The number of piperazine rings is 1. The Labute approximate surface area is 106 Å². The lowest BCUT2D eigenvalue weighted by molar-refractivity contribution is -0.152. The van der Waals surface area contributed by atoms with Crippen molar-refractivity contribution in [1.29, 1.82) is 0 Å². The first-order chi connectivity index (χ1) is 8.10. The van der Waals surface area contributed by atoms with Crippen molar-refractivity contribution in [3.8, 4) is 0 Å². The fourth-order valence-electron chi connectivity index (χ4n) is 2.76. The van der Waals surface area contributed by atoms with Crippen LogP contribution in [0.15, 0.2) is 11.1 Å². The smallest absolute Gasteiger partial charge is 0.246 e. The Bertz CT molecular complexity index is 373. The van der Waals surface area contributed by atoms with E-state index in [0.29, 0.717) is 6.54 Å². The van der Waals surface area contributed by atoms with Crippen molar-refractivity contribution in [3.05, 3.63) is 11.1 Å². The Morgan fingerprint density at radius 1 is 1.47 bits per heavy atom. The van der Waals surface area contributed by atoms with E-state index in [0.717, 1.165) is 31.3 Å². The minimum Gasteiger partial charge on any atom is -0.345 e. The van der Waals surface area contributed by atoms with E-state index in [1.807, 2.05) is 6.92 Å². The number of nitrogens with zero attached hydrogens (tertiary/aromatic N) is 1. The molecule has 5 heteroatoms. The topological polar surface area (TPSA) is 49.4 Å². The molecule has 94 valence electrons. The van der Waals surface area contributed by atoms with E-state index in [9.17, 15) is 9.59 Å². The van der Waals surface area contributed by atoms with E-state index in [4.69, 9.17) is 11.6 Å². The highest BCUT2D eigenvalue weighted by Crippen LogP contribution is 2.37. The Kier molecular flexibility index (Phi) is 3.43. The Morgan fingerprint density at radius 2 is 2.12 bits per heavy atom. The monoisotopic (exact) mass is 256 g/mol. The third kappa shape index (κ3) is 2.06. The molecule has 1 saturated carbocycles. The first-order valence-electron chi connectivity index (χ1n) is 5.95. The summed E-state index contributed by atoms with van der Waals surface area (Å²) < 4.78 is 0. The second-order valence-electron chi connectivity index (χ2n) is 4.86. The van der Waals surface area contributed by atoms with Gasteiger partial charge in [-0.2, -0.15) is 0 Å². The zero-order chi connectivity index (χ0) is 12.5. The van der Waals surface area contributed by atoms with Gasteiger partial charge >= 0.3 is 0 Å². The summed E-state index contributed by atoms with van der Waals surface area (Å²) in [6, 6.07) is 0. The zero-order valence-corrected chi connectivity index (χ0v) is 10.7. The molecular formula is C12H17ClN2O2. The number of rotatable bonds is 2. The molecule has 17 heavy (non-hydrogen) atoms. The molecular weight excluding hydrogens is 240 g/mol. The van der Waals surface area contributed by atoms with Crippen LogP contribution in [0.4, 0.5) is 0 Å². The van der Waals surface area contributed by atoms with Gasteiger partial charge in [-0.15, -0.1) is 0 Å². The van der Waals surface area contributed by atoms with E-state index >= 15 is 0 Å². The summed E-state index contributed by atoms with van der Waals surface area (Å²) in [6.07, 6.45) is 3.53. The van der Waals surface area contributed by atoms with Crippen molar-refractivity contribution in [1.82, 2.24) is 10.2 Å². The average molecular weight is 257 g/mol. The third-order valence-electron chi connectivity index (χ3n) is 3.67.